The van der Waals surface area contributed by atoms with Gasteiger partial charge in [0.15, 0.2) is 6.61 Å². The maximum atomic E-state index is 11.9. The van der Waals surface area contributed by atoms with Crippen LogP contribution in [-0.4, -0.2) is 18.4 Å². The number of hydrogen-bond donors (Lipinski definition) is 2. The zero-order chi connectivity index (χ0) is 15.5. The van der Waals surface area contributed by atoms with E-state index in [0.717, 1.165) is 11.3 Å². The molecule has 1 aliphatic rings. The van der Waals surface area contributed by atoms with E-state index in [0.29, 0.717) is 22.9 Å². The van der Waals surface area contributed by atoms with Crippen molar-refractivity contribution < 1.29 is 14.3 Å². The van der Waals surface area contributed by atoms with Crippen LogP contribution < -0.4 is 15.4 Å². The topological polar surface area (TPSA) is 67.4 Å². The van der Waals surface area contributed by atoms with Gasteiger partial charge in [-0.05, 0) is 48.0 Å². The maximum absolute atomic E-state index is 11.9. The second kappa shape index (κ2) is 6.07. The molecule has 2 aromatic rings. The van der Waals surface area contributed by atoms with Gasteiger partial charge >= 0.3 is 0 Å². The molecule has 2 aromatic carbocycles. The van der Waals surface area contributed by atoms with Gasteiger partial charge in [-0.15, -0.1) is 0 Å². The number of nitrogens with one attached hydrogen (secondary N) is 2. The highest BCUT2D eigenvalue weighted by Gasteiger charge is 2.17. The Bertz CT molecular complexity index is 729. The monoisotopic (exact) mass is 316 g/mol. The highest BCUT2D eigenvalue weighted by Crippen LogP contribution is 2.26. The molecule has 0 saturated heterocycles. The van der Waals surface area contributed by atoms with E-state index in [9.17, 15) is 9.59 Å². The summed E-state index contributed by atoms with van der Waals surface area (Å²) < 4.78 is 5.37. The van der Waals surface area contributed by atoms with Gasteiger partial charge in [0.05, 0.1) is 6.42 Å². The van der Waals surface area contributed by atoms with Gasteiger partial charge in [-0.25, -0.2) is 0 Å². The Morgan fingerprint density at radius 2 is 2.00 bits per heavy atom. The molecule has 6 heteroatoms. The molecule has 0 saturated carbocycles. The smallest absolute Gasteiger partial charge is 0.262 e. The molecule has 5 nitrogen and oxygen atoms in total. The summed E-state index contributed by atoms with van der Waals surface area (Å²) in [5, 5.41) is 6.09. The Kier molecular flexibility index (Phi) is 3.98. The third-order valence-electron chi connectivity index (χ3n) is 3.20. The number of hydrogen-bond acceptors (Lipinski definition) is 3. The van der Waals surface area contributed by atoms with Crippen LogP contribution in [0.5, 0.6) is 5.75 Å². The summed E-state index contributed by atoms with van der Waals surface area (Å²) in [5.74, 6) is 0.264. The van der Waals surface area contributed by atoms with Crippen molar-refractivity contribution in [3.05, 3.63) is 53.1 Å². The molecular formula is C16H13ClN2O3. The first kappa shape index (κ1) is 14.4. The van der Waals surface area contributed by atoms with Crippen molar-refractivity contribution in [3.63, 3.8) is 0 Å². The number of fused-ring (bicyclic) bond motifs is 1. The average molecular weight is 317 g/mol. The zero-order valence-corrected chi connectivity index (χ0v) is 12.3. The van der Waals surface area contributed by atoms with E-state index in [4.69, 9.17) is 16.3 Å². The second-order valence-electron chi connectivity index (χ2n) is 4.89. The van der Waals surface area contributed by atoms with E-state index in [1.165, 1.54) is 0 Å². The fourth-order valence-corrected chi connectivity index (χ4v) is 2.31. The van der Waals surface area contributed by atoms with Gasteiger partial charge in [0.2, 0.25) is 5.91 Å². The predicted molar refractivity (Wildman–Crippen MR) is 84.4 cm³/mol. The van der Waals surface area contributed by atoms with Crippen molar-refractivity contribution in [3.8, 4) is 5.75 Å². The lowest BCUT2D eigenvalue weighted by molar-refractivity contribution is -0.118. The van der Waals surface area contributed by atoms with Gasteiger partial charge in [-0.3, -0.25) is 9.59 Å². The van der Waals surface area contributed by atoms with Crippen LogP contribution in [0.25, 0.3) is 0 Å². The summed E-state index contributed by atoms with van der Waals surface area (Å²) in [5.41, 5.74) is 2.31. The molecule has 0 bridgehead atoms. The quantitative estimate of drug-likeness (QED) is 0.911. The van der Waals surface area contributed by atoms with Crippen LogP contribution >= 0.6 is 11.6 Å². The van der Waals surface area contributed by atoms with Crippen molar-refractivity contribution >= 4 is 34.8 Å². The third-order valence-corrected chi connectivity index (χ3v) is 3.45. The first-order valence-corrected chi connectivity index (χ1v) is 7.09. The molecule has 2 N–H and O–H groups in total. The first-order valence-electron chi connectivity index (χ1n) is 6.71. The maximum Gasteiger partial charge on any atom is 0.262 e. The van der Waals surface area contributed by atoms with Crippen LogP contribution in [0.2, 0.25) is 5.02 Å². The Morgan fingerprint density at radius 1 is 1.23 bits per heavy atom. The van der Waals surface area contributed by atoms with Crippen molar-refractivity contribution in [2.75, 3.05) is 17.2 Å². The van der Waals surface area contributed by atoms with Gasteiger partial charge in [0.25, 0.3) is 5.91 Å². The van der Waals surface area contributed by atoms with Gasteiger partial charge < -0.3 is 15.4 Å². The Balaban J connectivity index is 1.57. The van der Waals surface area contributed by atoms with E-state index >= 15 is 0 Å². The molecule has 0 unspecified atom stereocenters. The zero-order valence-electron chi connectivity index (χ0n) is 11.6. The lowest BCUT2D eigenvalue weighted by Crippen LogP contribution is -2.20. The fourth-order valence-electron chi connectivity index (χ4n) is 2.18. The molecule has 0 aliphatic carbocycles. The van der Waals surface area contributed by atoms with Crippen LogP contribution in [0.4, 0.5) is 11.4 Å². The van der Waals surface area contributed by atoms with E-state index in [2.05, 4.69) is 10.6 Å². The van der Waals surface area contributed by atoms with Crippen LogP contribution in [-0.2, 0) is 16.0 Å². The molecule has 0 fully saturated rings. The van der Waals surface area contributed by atoms with E-state index < -0.39 is 0 Å². The molecule has 0 spiro atoms. The number of benzene rings is 2. The minimum Gasteiger partial charge on any atom is -0.484 e. The van der Waals surface area contributed by atoms with Gasteiger partial charge in [0, 0.05) is 16.4 Å². The number of carbonyl (C=O) groups excluding carboxylic acids is 2. The molecule has 3 rings (SSSR count). The average Bonchev–Trinajstić information content (AvgIpc) is 2.86. The highest BCUT2D eigenvalue weighted by atomic mass is 35.5. The normalized spacial score (nSPS) is 12.5. The molecule has 0 atom stereocenters. The van der Waals surface area contributed by atoms with E-state index in [-0.39, 0.29) is 18.4 Å². The summed E-state index contributed by atoms with van der Waals surface area (Å²) in [7, 11) is 0. The largest absolute Gasteiger partial charge is 0.484 e. The number of amides is 2. The van der Waals surface area contributed by atoms with Gasteiger partial charge in [-0.2, -0.15) is 0 Å². The summed E-state index contributed by atoms with van der Waals surface area (Å²) in [4.78, 5) is 23.2. The van der Waals surface area contributed by atoms with Crippen molar-refractivity contribution in [2.45, 2.75) is 6.42 Å². The number of carbonyl (C=O) groups is 2. The molecule has 1 heterocycles. The summed E-state index contributed by atoms with van der Waals surface area (Å²) >= 11 is 5.77. The number of anilines is 2. The lowest BCUT2D eigenvalue weighted by atomic mass is 10.1. The molecule has 0 radical (unpaired) electrons. The Labute approximate surface area is 132 Å². The molecule has 22 heavy (non-hydrogen) atoms. The number of ether oxygens (including phenoxy) is 1. The Hall–Kier alpha value is -2.53. The van der Waals surface area contributed by atoms with Crippen LogP contribution in [0.15, 0.2) is 42.5 Å². The van der Waals surface area contributed by atoms with Crippen LogP contribution in [0, 0.1) is 0 Å². The molecular weight excluding hydrogens is 304 g/mol. The Morgan fingerprint density at radius 3 is 2.77 bits per heavy atom. The van der Waals surface area contributed by atoms with E-state index in [1.807, 2.05) is 0 Å². The minimum absolute atomic E-state index is 0.0375. The summed E-state index contributed by atoms with van der Waals surface area (Å²) in [6.07, 6.45) is 0.334. The van der Waals surface area contributed by atoms with Gasteiger partial charge in [0.1, 0.15) is 5.75 Å². The standard InChI is InChI=1S/C16H13ClN2O3/c17-11-1-4-13(5-2-11)22-9-16(21)18-12-3-6-14-10(7-12)8-15(20)19-14/h1-7H,8-9H2,(H,18,21)(H,19,20). The van der Waals surface area contributed by atoms with Crippen molar-refractivity contribution in [1.82, 2.24) is 0 Å². The summed E-state index contributed by atoms with van der Waals surface area (Å²) in [6, 6.07) is 12.1. The SMILES string of the molecule is O=C(COc1ccc(Cl)cc1)Nc1ccc2c(c1)CC(=O)N2. The molecule has 112 valence electrons. The second-order valence-corrected chi connectivity index (χ2v) is 5.32. The lowest BCUT2D eigenvalue weighted by Gasteiger charge is -2.08. The summed E-state index contributed by atoms with van der Waals surface area (Å²) in [6.45, 7) is -0.101. The fraction of sp³-hybridized carbons (Fsp3) is 0.125. The molecule has 0 aromatic heterocycles. The third kappa shape index (κ3) is 3.38. The molecule has 1 aliphatic heterocycles. The molecule has 2 amide bonds. The van der Waals surface area contributed by atoms with Crippen molar-refractivity contribution in [1.29, 1.82) is 0 Å². The minimum atomic E-state index is -0.271. The predicted octanol–water partition coefficient (Wildman–Crippen LogP) is 2.85. The van der Waals surface area contributed by atoms with Crippen LogP contribution in [0.1, 0.15) is 5.56 Å². The van der Waals surface area contributed by atoms with Crippen LogP contribution in [0.3, 0.4) is 0 Å². The number of halogens is 1. The van der Waals surface area contributed by atoms with Crippen molar-refractivity contribution in [2.24, 2.45) is 0 Å². The highest BCUT2D eigenvalue weighted by molar-refractivity contribution is 6.30. The number of rotatable bonds is 4. The van der Waals surface area contributed by atoms with E-state index in [1.54, 1.807) is 42.5 Å². The van der Waals surface area contributed by atoms with Gasteiger partial charge in [-0.1, -0.05) is 11.6 Å². The first-order chi connectivity index (χ1) is 10.6.